The zero-order valence-corrected chi connectivity index (χ0v) is 9.83. The summed E-state index contributed by atoms with van der Waals surface area (Å²) in [7, 11) is 0. The number of hydrogen-bond acceptors (Lipinski definition) is 2. The van der Waals surface area contributed by atoms with Crippen LogP contribution in [0.2, 0.25) is 0 Å². The van der Waals surface area contributed by atoms with Gasteiger partial charge in [0.15, 0.2) is 0 Å². The van der Waals surface area contributed by atoms with Crippen LogP contribution in [-0.4, -0.2) is 16.1 Å². The fourth-order valence-electron chi connectivity index (χ4n) is 2.26. The first-order valence-corrected chi connectivity index (χ1v) is 5.80. The Morgan fingerprint density at radius 1 is 1.40 bits per heavy atom. The van der Waals surface area contributed by atoms with Crippen LogP contribution in [0.25, 0.3) is 0 Å². The average Bonchev–Trinajstić information content (AvgIpc) is 2.69. The smallest absolute Gasteiger partial charge is 0.314 e. The van der Waals surface area contributed by atoms with E-state index in [1.165, 1.54) is 0 Å². The van der Waals surface area contributed by atoms with Gasteiger partial charge in [-0.2, -0.15) is 0 Å². The van der Waals surface area contributed by atoms with Crippen molar-refractivity contribution < 1.29 is 9.90 Å². The van der Waals surface area contributed by atoms with Crippen molar-refractivity contribution in [3.05, 3.63) is 28.5 Å². The van der Waals surface area contributed by atoms with Gasteiger partial charge in [0, 0.05) is 6.20 Å². The molecule has 80 valence electrons. The molecule has 1 aliphatic carbocycles. The number of carboxylic acid groups (broad SMARTS) is 1. The zero-order valence-electron chi connectivity index (χ0n) is 8.24. The van der Waals surface area contributed by atoms with Crippen molar-refractivity contribution in [1.29, 1.82) is 0 Å². The molecule has 0 aromatic carbocycles. The van der Waals surface area contributed by atoms with Crippen LogP contribution in [-0.2, 0) is 10.2 Å². The van der Waals surface area contributed by atoms with Crippen LogP contribution in [0, 0.1) is 0 Å². The number of hydrogen-bond donors (Lipinski definition) is 1. The largest absolute Gasteiger partial charge is 0.481 e. The molecule has 0 saturated heterocycles. The van der Waals surface area contributed by atoms with Crippen molar-refractivity contribution in [3.63, 3.8) is 0 Å². The molecule has 0 amide bonds. The van der Waals surface area contributed by atoms with E-state index in [0.29, 0.717) is 0 Å². The minimum atomic E-state index is -0.718. The normalized spacial score (nSPS) is 19.0. The maximum Gasteiger partial charge on any atom is 0.314 e. The lowest BCUT2D eigenvalue weighted by Crippen LogP contribution is -2.32. The molecule has 0 unspecified atom stereocenters. The number of nitrogens with zero attached hydrogens (tertiary/aromatic N) is 1. The maximum atomic E-state index is 11.4. The number of aliphatic carboxylic acids is 1. The SMILES string of the molecule is O=C(O)C1(c2ccc(Br)nc2)CCCC1. The van der Waals surface area contributed by atoms with Crippen molar-refractivity contribution in [2.45, 2.75) is 31.1 Å². The van der Waals surface area contributed by atoms with Crippen molar-refractivity contribution in [1.82, 2.24) is 4.98 Å². The van der Waals surface area contributed by atoms with E-state index in [1.54, 1.807) is 12.3 Å². The molecule has 1 aromatic rings. The summed E-state index contributed by atoms with van der Waals surface area (Å²) in [6.07, 6.45) is 5.10. The Morgan fingerprint density at radius 3 is 2.53 bits per heavy atom. The molecule has 0 atom stereocenters. The van der Waals surface area contributed by atoms with Gasteiger partial charge in [-0.05, 0) is 40.4 Å². The van der Waals surface area contributed by atoms with Gasteiger partial charge in [0.1, 0.15) is 4.60 Å². The van der Waals surface area contributed by atoms with Crippen molar-refractivity contribution in [3.8, 4) is 0 Å². The first-order chi connectivity index (χ1) is 7.15. The Labute approximate surface area is 96.7 Å². The molecule has 0 radical (unpaired) electrons. The Kier molecular flexibility index (Phi) is 2.78. The van der Waals surface area contributed by atoms with Gasteiger partial charge >= 0.3 is 5.97 Å². The molecule has 0 spiro atoms. The molecule has 2 rings (SSSR count). The van der Waals surface area contributed by atoms with Crippen LogP contribution in [0.15, 0.2) is 22.9 Å². The van der Waals surface area contributed by atoms with E-state index in [1.807, 2.05) is 6.07 Å². The predicted molar refractivity (Wildman–Crippen MR) is 59.7 cm³/mol. The highest BCUT2D eigenvalue weighted by molar-refractivity contribution is 9.10. The van der Waals surface area contributed by atoms with E-state index < -0.39 is 11.4 Å². The van der Waals surface area contributed by atoms with Crippen LogP contribution >= 0.6 is 15.9 Å². The molecule has 1 aromatic heterocycles. The van der Waals surface area contributed by atoms with E-state index in [9.17, 15) is 9.90 Å². The molecule has 0 bridgehead atoms. The van der Waals surface area contributed by atoms with Gasteiger partial charge < -0.3 is 5.11 Å². The number of aromatic nitrogens is 1. The predicted octanol–water partition coefficient (Wildman–Crippen LogP) is 2.74. The summed E-state index contributed by atoms with van der Waals surface area (Å²) < 4.78 is 0.741. The highest BCUT2D eigenvalue weighted by atomic mass is 79.9. The summed E-state index contributed by atoms with van der Waals surface area (Å²) in [5.41, 5.74) is 0.143. The highest BCUT2D eigenvalue weighted by Crippen LogP contribution is 2.41. The van der Waals surface area contributed by atoms with Crippen LogP contribution in [0.4, 0.5) is 0 Å². The van der Waals surface area contributed by atoms with Gasteiger partial charge in [-0.25, -0.2) is 4.98 Å². The van der Waals surface area contributed by atoms with Crippen molar-refractivity contribution >= 4 is 21.9 Å². The topological polar surface area (TPSA) is 50.2 Å². The maximum absolute atomic E-state index is 11.4. The molecule has 1 heterocycles. The lowest BCUT2D eigenvalue weighted by Gasteiger charge is -2.23. The van der Waals surface area contributed by atoms with Crippen molar-refractivity contribution in [2.24, 2.45) is 0 Å². The molecule has 1 N–H and O–H groups in total. The van der Waals surface area contributed by atoms with Gasteiger partial charge in [0.05, 0.1) is 5.41 Å². The van der Waals surface area contributed by atoms with E-state index in [0.717, 1.165) is 35.8 Å². The standard InChI is InChI=1S/C11H12BrNO2/c12-9-4-3-8(7-13-9)11(10(14)15)5-1-2-6-11/h3-4,7H,1-2,5-6H2,(H,14,15). The lowest BCUT2D eigenvalue weighted by atomic mass is 9.80. The molecule has 3 nitrogen and oxygen atoms in total. The van der Waals surface area contributed by atoms with Gasteiger partial charge in [-0.1, -0.05) is 18.9 Å². The summed E-state index contributed by atoms with van der Waals surface area (Å²) >= 11 is 3.25. The minimum Gasteiger partial charge on any atom is -0.481 e. The quantitative estimate of drug-likeness (QED) is 0.840. The van der Waals surface area contributed by atoms with E-state index in [-0.39, 0.29) is 0 Å². The number of carboxylic acids is 1. The monoisotopic (exact) mass is 269 g/mol. The van der Waals surface area contributed by atoms with Crippen LogP contribution in [0.1, 0.15) is 31.2 Å². The first-order valence-electron chi connectivity index (χ1n) is 5.00. The third kappa shape index (κ3) is 1.78. The van der Waals surface area contributed by atoms with E-state index >= 15 is 0 Å². The molecular weight excluding hydrogens is 258 g/mol. The van der Waals surface area contributed by atoms with Gasteiger partial charge in [0.25, 0.3) is 0 Å². The Bertz CT molecular complexity index is 369. The summed E-state index contributed by atoms with van der Waals surface area (Å²) in [5, 5.41) is 9.35. The minimum absolute atomic E-state index is 0.687. The number of rotatable bonds is 2. The second-order valence-electron chi connectivity index (χ2n) is 3.96. The average molecular weight is 270 g/mol. The third-order valence-electron chi connectivity index (χ3n) is 3.15. The summed E-state index contributed by atoms with van der Waals surface area (Å²) in [6, 6.07) is 3.66. The van der Waals surface area contributed by atoms with Gasteiger partial charge in [-0.3, -0.25) is 4.79 Å². The number of carbonyl (C=O) groups is 1. The molecule has 1 aliphatic rings. The first kappa shape index (κ1) is 10.6. The molecular formula is C11H12BrNO2. The Morgan fingerprint density at radius 2 is 2.07 bits per heavy atom. The van der Waals surface area contributed by atoms with Gasteiger partial charge in [0.2, 0.25) is 0 Å². The van der Waals surface area contributed by atoms with Crippen molar-refractivity contribution in [2.75, 3.05) is 0 Å². The molecule has 0 aliphatic heterocycles. The zero-order chi connectivity index (χ0) is 10.9. The Balaban J connectivity index is 2.41. The molecule has 1 fully saturated rings. The van der Waals surface area contributed by atoms with Crippen LogP contribution < -0.4 is 0 Å². The summed E-state index contributed by atoms with van der Waals surface area (Å²) in [4.78, 5) is 15.5. The fraction of sp³-hybridized carbons (Fsp3) is 0.455. The number of halogens is 1. The second kappa shape index (κ2) is 3.93. The van der Waals surface area contributed by atoms with E-state index in [2.05, 4.69) is 20.9 Å². The second-order valence-corrected chi connectivity index (χ2v) is 4.78. The summed E-state index contributed by atoms with van der Waals surface area (Å²) in [5.74, 6) is -0.718. The summed E-state index contributed by atoms with van der Waals surface area (Å²) in [6.45, 7) is 0. The molecule has 4 heteroatoms. The van der Waals surface area contributed by atoms with Crippen LogP contribution in [0.3, 0.4) is 0 Å². The Hall–Kier alpha value is -0.900. The van der Waals surface area contributed by atoms with Crippen LogP contribution in [0.5, 0.6) is 0 Å². The molecule has 15 heavy (non-hydrogen) atoms. The number of pyridine rings is 1. The highest BCUT2D eigenvalue weighted by Gasteiger charge is 2.42. The molecule has 1 saturated carbocycles. The van der Waals surface area contributed by atoms with E-state index in [4.69, 9.17) is 0 Å². The third-order valence-corrected chi connectivity index (χ3v) is 3.62. The van der Waals surface area contributed by atoms with Gasteiger partial charge in [-0.15, -0.1) is 0 Å². The lowest BCUT2D eigenvalue weighted by molar-refractivity contribution is -0.143. The fourth-order valence-corrected chi connectivity index (χ4v) is 2.50.